The molecule has 0 amide bonds. The van der Waals surface area contributed by atoms with Crippen LogP contribution in [0.15, 0.2) is 24.3 Å². The summed E-state index contributed by atoms with van der Waals surface area (Å²) < 4.78 is 0. The number of aryl methyl sites for hydroxylation is 1. The molecule has 1 aromatic carbocycles. The summed E-state index contributed by atoms with van der Waals surface area (Å²) in [6.45, 7) is 0. The average Bonchev–Trinajstić information content (AvgIpc) is 2.59. The van der Waals surface area contributed by atoms with Gasteiger partial charge in [0.25, 0.3) is 0 Å². The zero-order chi connectivity index (χ0) is 9.54. The number of rotatable bonds is 0. The van der Waals surface area contributed by atoms with Crippen molar-refractivity contribution in [1.29, 1.82) is 0 Å². The molecule has 0 aromatic heterocycles. The minimum Gasteiger partial charge on any atom is -0.393 e. The van der Waals surface area contributed by atoms with Crippen LogP contribution in [0.3, 0.4) is 0 Å². The van der Waals surface area contributed by atoms with E-state index in [0.717, 1.165) is 18.8 Å². The highest BCUT2D eigenvalue weighted by molar-refractivity contribution is 5.34. The fraction of sp³-hybridized carbons (Fsp3) is 0.538. The van der Waals surface area contributed by atoms with Crippen LogP contribution in [0.25, 0.3) is 0 Å². The molecule has 0 bridgehead atoms. The number of fused-ring (bicyclic) bond motifs is 3. The lowest BCUT2D eigenvalue weighted by molar-refractivity contribution is 0.176. The Hall–Kier alpha value is -0.820. The lowest BCUT2D eigenvalue weighted by Gasteiger charge is -2.27. The Morgan fingerprint density at radius 1 is 1.14 bits per heavy atom. The molecule has 1 N–H and O–H groups in total. The van der Waals surface area contributed by atoms with Crippen molar-refractivity contribution < 1.29 is 5.11 Å². The van der Waals surface area contributed by atoms with Gasteiger partial charge in [-0.2, -0.15) is 0 Å². The van der Waals surface area contributed by atoms with Crippen molar-refractivity contribution in [1.82, 2.24) is 0 Å². The number of hydrogen-bond donors (Lipinski definition) is 1. The lowest BCUT2D eigenvalue weighted by atomic mass is 9.77. The molecule has 3 rings (SSSR count). The topological polar surface area (TPSA) is 20.2 Å². The summed E-state index contributed by atoms with van der Waals surface area (Å²) >= 11 is 0. The van der Waals surface area contributed by atoms with Gasteiger partial charge in [-0.15, -0.1) is 0 Å². The highest BCUT2D eigenvalue weighted by Crippen LogP contribution is 2.46. The molecule has 14 heavy (non-hydrogen) atoms. The third kappa shape index (κ3) is 1.19. The number of benzene rings is 1. The van der Waals surface area contributed by atoms with Gasteiger partial charge in [0.15, 0.2) is 0 Å². The predicted octanol–water partition coefficient (Wildman–Crippen LogP) is 2.49. The predicted molar refractivity (Wildman–Crippen MR) is 56.2 cm³/mol. The van der Waals surface area contributed by atoms with Gasteiger partial charge < -0.3 is 5.11 Å². The molecule has 74 valence electrons. The van der Waals surface area contributed by atoms with Crippen molar-refractivity contribution in [3.63, 3.8) is 0 Å². The molecule has 0 heterocycles. The fourth-order valence-electron chi connectivity index (χ4n) is 3.26. The second-order valence-electron chi connectivity index (χ2n) is 4.73. The Kier molecular flexibility index (Phi) is 1.88. The molecular weight excluding hydrogens is 172 g/mol. The van der Waals surface area contributed by atoms with Gasteiger partial charge in [-0.05, 0) is 48.6 Å². The number of aliphatic hydroxyl groups is 1. The van der Waals surface area contributed by atoms with E-state index >= 15 is 0 Å². The Bertz CT molecular complexity index is 345. The molecule has 2 aliphatic rings. The van der Waals surface area contributed by atoms with Crippen molar-refractivity contribution >= 4 is 0 Å². The smallest absolute Gasteiger partial charge is 0.0549 e. The van der Waals surface area contributed by atoms with Crippen LogP contribution in [0.2, 0.25) is 0 Å². The van der Waals surface area contributed by atoms with E-state index in [4.69, 9.17) is 0 Å². The maximum absolute atomic E-state index is 9.69. The maximum Gasteiger partial charge on any atom is 0.0549 e. The molecule has 0 aliphatic heterocycles. The average molecular weight is 188 g/mol. The first-order chi connectivity index (χ1) is 6.84. The summed E-state index contributed by atoms with van der Waals surface area (Å²) in [7, 11) is 0. The highest BCUT2D eigenvalue weighted by atomic mass is 16.3. The third-order valence-corrected chi connectivity index (χ3v) is 3.91. The largest absolute Gasteiger partial charge is 0.393 e. The van der Waals surface area contributed by atoms with E-state index in [1.807, 2.05) is 0 Å². The van der Waals surface area contributed by atoms with E-state index in [1.165, 1.54) is 24.0 Å². The lowest BCUT2D eigenvalue weighted by Crippen LogP contribution is -2.15. The molecule has 2 aliphatic carbocycles. The van der Waals surface area contributed by atoms with Crippen LogP contribution in [0, 0.1) is 5.92 Å². The van der Waals surface area contributed by atoms with Crippen LogP contribution < -0.4 is 0 Å². The molecule has 3 unspecified atom stereocenters. The van der Waals surface area contributed by atoms with Gasteiger partial charge in [-0.1, -0.05) is 24.3 Å². The van der Waals surface area contributed by atoms with Gasteiger partial charge in [-0.25, -0.2) is 0 Å². The Morgan fingerprint density at radius 2 is 2.00 bits per heavy atom. The Morgan fingerprint density at radius 3 is 2.93 bits per heavy atom. The van der Waals surface area contributed by atoms with Crippen molar-refractivity contribution in [2.75, 3.05) is 0 Å². The molecule has 1 aromatic rings. The van der Waals surface area contributed by atoms with Gasteiger partial charge in [0.05, 0.1) is 6.10 Å². The van der Waals surface area contributed by atoms with Gasteiger partial charge in [0.1, 0.15) is 0 Å². The van der Waals surface area contributed by atoms with Gasteiger partial charge in [-0.3, -0.25) is 0 Å². The van der Waals surface area contributed by atoms with E-state index in [0.29, 0.717) is 5.92 Å². The Labute approximate surface area is 84.8 Å². The van der Waals surface area contributed by atoms with Gasteiger partial charge in [0, 0.05) is 0 Å². The monoisotopic (exact) mass is 188 g/mol. The molecule has 0 spiro atoms. The first-order valence-corrected chi connectivity index (χ1v) is 5.60. The summed E-state index contributed by atoms with van der Waals surface area (Å²) in [4.78, 5) is 0. The van der Waals surface area contributed by atoms with Crippen LogP contribution in [0.4, 0.5) is 0 Å². The molecule has 0 saturated heterocycles. The van der Waals surface area contributed by atoms with Crippen molar-refractivity contribution in [3.05, 3.63) is 35.4 Å². The van der Waals surface area contributed by atoms with Crippen LogP contribution >= 0.6 is 0 Å². The van der Waals surface area contributed by atoms with Crippen LogP contribution in [-0.2, 0) is 6.42 Å². The van der Waals surface area contributed by atoms with E-state index < -0.39 is 0 Å². The van der Waals surface area contributed by atoms with E-state index in [1.54, 1.807) is 0 Å². The highest BCUT2D eigenvalue weighted by Gasteiger charge is 2.37. The van der Waals surface area contributed by atoms with Crippen LogP contribution in [0.5, 0.6) is 0 Å². The molecule has 1 saturated carbocycles. The molecule has 1 nitrogen and oxygen atoms in total. The first-order valence-electron chi connectivity index (χ1n) is 5.60. The standard InChI is InChI=1S/C13H16O/c14-11-7-10-6-5-9-3-1-2-4-12(9)13(10)8-11/h1-4,10-11,13-14H,5-8H2. The quantitative estimate of drug-likeness (QED) is 0.663. The van der Waals surface area contributed by atoms with E-state index in [9.17, 15) is 5.11 Å². The molecule has 3 atom stereocenters. The normalized spacial score (nSPS) is 35.1. The minimum atomic E-state index is -0.0452. The third-order valence-electron chi connectivity index (χ3n) is 3.91. The SMILES string of the molecule is OC1CC2CCc3ccccc3C2C1. The fourth-order valence-corrected chi connectivity index (χ4v) is 3.26. The van der Waals surface area contributed by atoms with E-state index in [-0.39, 0.29) is 6.10 Å². The van der Waals surface area contributed by atoms with Crippen molar-refractivity contribution in [2.24, 2.45) is 5.92 Å². The van der Waals surface area contributed by atoms with Crippen LogP contribution in [0.1, 0.15) is 36.3 Å². The number of hydrogen-bond acceptors (Lipinski definition) is 1. The van der Waals surface area contributed by atoms with Gasteiger partial charge >= 0.3 is 0 Å². The maximum atomic E-state index is 9.69. The minimum absolute atomic E-state index is 0.0452. The molecule has 0 radical (unpaired) electrons. The van der Waals surface area contributed by atoms with Crippen LogP contribution in [-0.4, -0.2) is 11.2 Å². The summed E-state index contributed by atoms with van der Waals surface area (Å²) in [5, 5.41) is 9.69. The van der Waals surface area contributed by atoms with Gasteiger partial charge in [0.2, 0.25) is 0 Å². The second-order valence-corrected chi connectivity index (χ2v) is 4.73. The number of aliphatic hydroxyl groups excluding tert-OH is 1. The second kappa shape index (κ2) is 3.09. The van der Waals surface area contributed by atoms with Crippen molar-refractivity contribution in [2.45, 2.75) is 37.7 Å². The van der Waals surface area contributed by atoms with E-state index in [2.05, 4.69) is 24.3 Å². The molecule has 1 heteroatoms. The summed E-state index contributed by atoms with van der Waals surface area (Å²) in [5.74, 6) is 1.40. The summed E-state index contributed by atoms with van der Waals surface area (Å²) in [6, 6.07) is 8.76. The zero-order valence-corrected chi connectivity index (χ0v) is 8.32. The summed E-state index contributed by atoms with van der Waals surface area (Å²) in [5.41, 5.74) is 3.03. The first kappa shape index (κ1) is 8.49. The Balaban J connectivity index is 2.01. The van der Waals surface area contributed by atoms with Crippen molar-refractivity contribution in [3.8, 4) is 0 Å². The zero-order valence-electron chi connectivity index (χ0n) is 8.32. The molecular formula is C13H16O. The molecule has 1 fully saturated rings. The summed E-state index contributed by atoms with van der Waals surface area (Å²) in [6.07, 6.45) is 4.46.